The molecule has 1 saturated carbocycles. The minimum absolute atomic E-state index is 0.139. The molecule has 1 aliphatic carbocycles. The largest absolute Gasteiger partial charge is 0.370 e. The highest BCUT2D eigenvalue weighted by Gasteiger charge is 2.40. The molecule has 1 atom stereocenters. The summed E-state index contributed by atoms with van der Waals surface area (Å²) < 4.78 is 0. The molecule has 184 valence electrons. The third-order valence-electron chi connectivity index (χ3n) is 7.03. The number of nitrogens with one attached hydrogen (secondary N) is 4. The summed E-state index contributed by atoms with van der Waals surface area (Å²) in [5.74, 6) is -0.0282. The Bertz CT molecular complexity index is 1250. The van der Waals surface area contributed by atoms with Crippen LogP contribution in [-0.4, -0.2) is 28.9 Å². The predicted molar refractivity (Wildman–Crippen MR) is 139 cm³/mol. The number of benzene rings is 3. The van der Waals surface area contributed by atoms with Crippen molar-refractivity contribution < 1.29 is 14.8 Å². The van der Waals surface area contributed by atoms with Gasteiger partial charge in [-0.25, -0.2) is 0 Å². The molecular formula is C28H29N5O3. The van der Waals surface area contributed by atoms with E-state index in [9.17, 15) is 9.59 Å². The number of carbonyl (C=O) groups excluding carboxylic acids is 2. The van der Waals surface area contributed by atoms with Crippen molar-refractivity contribution in [2.45, 2.75) is 37.8 Å². The fraction of sp³-hybridized carbons (Fsp3) is 0.250. The van der Waals surface area contributed by atoms with Gasteiger partial charge in [-0.3, -0.25) is 25.7 Å². The van der Waals surface area contributed by atoms with E-state index in [2.05, 4.69) is 10.6 Å². The Morgan fingerprint density at radius 2 is 1.64 bits per heavy atom. The molecule has 3 aromatic carbocycles. The maximum absolute atomic E-state index is 13.4. The van der Waals surface area contributed by atoms with Crippen LogP contribution in [0, 0.1) is 11.3 Å². The molecular weight excluding hydrogens is 454 g/mol. The SMILES string of the molecule is N=C(NO)c1cccc(N[C@H](C(=O)Nc2ccc(N3C(=O)C4CCC3CC4)cc2)c2ccccc2)c1. The lowest BCUT2D eigenvalue weighted by Gasteiger charge is -2.44. The van der Waals surface area contributed by atoms with Gasteiger partial charge in [-0.05, 0) is 67.6 Å². The number of amidine groups is 1. The molecule has 0 radical (unpaired) electrons. The van der Waals surface area contributed by atoms with Crippen LogP contribution < -0.4 is 21.0 Å². The van der Waals surface area contributed by atoms with E-state index < -0.39 is 6.04 Å². The normalized spacial score (nSPS) is 19.5. The smallest absolute Gasteiger partial charge is 0.251 e. The Hall–Kier alpha value is -4.17. The van der Waals surface area contributed by atoms with Gasteiger partial charge in [0.05, 0.1) is 0 Å². The van der Waals surface area contributed by atoms with Gasteiger partial charge < -0.3 is 15.5 Å². The van der Waals surface area contributed by atoms with Crippen molar-refractivity contribution in [2.75, 3.05) is 15.5 Å². The highest BCUT2D eigenvalue weighted by Crippen LogP contribution is 2.39. The van der Waals surface area contributed by atoms with Gasteiger partial charge in [-0.15, -0.1) is 0 Å². The van der Waals surface area contributed by atoms with Gasteiger partial charge in [0.1, 0.15) is 11.9 Å². The maximum Gasteiger partial charge on any atom is 0.251 e. The number of nitrogens with zero attached hydrogens (tertiary/aromatic N) is 1. The van der Waals surface area contributed by atoms with E-state index >= 15 is 0 Å². The quantitative estimate of drug-likeness (QED) is 0.190. The van der Waals surface area contributed by atoms with Crippen molar-refractivity contribution in [3.05, 3.63) is 90.0 Å². The Labute approximate surface area is 209 Å². The van der Waals surface area contributed by atoms with Gasteiger partial charge in [0.25, 0.3) is 5.91 Å². The van der Waals surface area contributed by atoms with Crippen LogP contribution in [0.1, 0.15) is 42.9 Å². The first-order valence-corrected chi connectivity index (χ1v) is 12.2. The molecule has 2 heterocycles. The third-order valence-corrected chi connectivity index (χ3v) is 7.03. The van der Waals surface area contributed by atoms with E-state index in [1.807, 2.05) is 65.0 Å². The number of amides is 2. The lowest BCUT2D eigenvalue weighted by molar-refractivity contribution is -0.127. The van der Waals surface area contributed by atoms with Gasteiger partial charge in [0.2, 0.25) is 5.91 Å². The molecule has 2 saturated heterocycles. The monoisotopic (exact) mass is 483 g/mol. The molecule has 0 spiro atoms. The minimum Gasteiger partial charge on any atom is -0.370 e. The minimum atomic E-state index is -0.697. The molecule has 6 rings (SSSR count). The van der Waals surface area contributed by atoms with Crippen LogP contribution in [0.15, 0.2) is 78.9 Å². The summed E-state index contributed by atoms with van der Waals surface area (Å²) in [6, 6.07) is 23.3. The first-order valence-electron chi connectivity index (χ1n) is 12.2. The van der Waals surface area contributed by atoms with Crippen molar-refractivity contribution in [1.82, 2.24) is 5.48 Å². The van der Waals surface area contributed by atoms with E-state index in [-0.39, 0.29) is 29.6 Å². The predicted octanol–water partition coefficient (Wildman–Crippen LogP) is 4.69. The molecule has 3 aliphatic rings. The van der Waals surface area contributed by atoms with Crippen LogP contribution >= 0.6 is 0 Å². The van der Waals surface area contributed by atoms with Crippen molar-refractivity contribution in [2.24, 2.45) is 5.92 Å². The lowest BCUT2D eigenvalue weighted by Crippen LogP contribution is -2.52. The number of anilines is 3. The first-order chi connectivity index (χ1) is 17.5. The first kappa shape index (κ1) is 23.6. The second-order valence-corrected chi connectivity index (χ2v) is 9.31. The zero-order valence-electron chi connectivity index (χ0n) is 19.8. The number of rotatable bonds is 7. The van der Waals surface area contributed by atoms with Gasteiger partial charge in [-0.1, -0.05) is 42.5 Å². The second kappa shape index (κ2) is 10.2. The molecule has 2 bridgehead atoms. The van der Waals surface area contributed by atoms with E-state index in [0.717, 1.165) is 36.9 Å². The molecule has 0 aromatic heterocycles. The summed E-state index contributed by atoms with van der Waals surface area (Å²) in [4.78, 5) is 28.1. The molecule has 8 heteroatoms. The Morgan fingerprint density at radius 1 is 0.917 bits per heavy atom. The zero-order valence-corrected chi connectivity index (χ0v) is 19.8. The summed E-state index contributed by atoms with van der Waals surface area (Å²) in [5, 5.41) is 23.1. The highest BCUT2D eigenvalue weighted by molar-refractivity contribution is 6.00. The van der Waals surface area contributed by atoms with Gasteiger partial charge in [0, 0.05) is 34.6 Å². The Morgan fingerprint density at radius 3 is 2.31 bits per heavy atom. The van der Waals surface area contributed by atoms with Crippen LogP contribution in [0.4, 0.5) is 17.1 Å². The van der Waals surface area contributed by atoms with Crippen molar-refractivity contribution >= 4 is 34.7 Å². The van der Waals surface area contributed by atoms with E-state index in [4.69, 9.17) is 10.6 Å². The van der Waals surface area contributed by atoms with Crippen LogP contribution in [0.5, 0.6) is 0 Å². The van der Waals surface area contributed by atoms with E-state index in [0.29, 0.717) is 16.9 Å². The van der Waals surface area contributed by atoms with Gasteiger partial charge >= 0.3 is 0 Å². The second-order valence-electron chi connectivity index (χ2n) is 9.31. The van der Waals surface area contributed by atoms with Gasteiger partial charge in [0.15, 0.2) is 0 Å². The average Bonchev–Trinajstić information content (AvgIpc) is 2.93. The van der Waals surface area contributed by atoms with Crippen LogP contribution in [0.3, 0.4) is 0 Å². The number of hydrogen-bond donors (Lipinski definition) is 5. The lowest BCUT2D eigenvalue weighted by atomic mass is 9.79. The summed E-state index contributed by atoms with van der Waals surface area (Å²) in [5.41, 5.74) is 5.24. The summed E-state index contributed by atoms with van der Waals surface area (Å²) in [6.45, 7) is 0. The Balaban J connectivity index is 1.34. The van der Waals surface area contributed by atoms with Crippen LogP contribution in [-0.2, 0) is 9.59 Å². The molecule has 8 nitrogen and oxygen atoms in total. The zero-order chi connectivity index (χ0) is 25.1. The molecule has 2 aliphatic heterocycles. The van der Waals surface area contributed by atoms with Crippen molar-refractivity contribution in [3.8, 4) is 0 Å². The molecule has 3 fully saturated rings. The fourth-order valence-corrected chi connectivity index (χ4v) is 5.16. The van der Waals surface area contributed by atoms with Crippen molar-refractivity contribution in [1.29, 1.82) is 5.41 Å². The molecule has 5 N–H and O–H groups in total. The number of fused-ring (bicyclic) bond motifs is 3. The van der Waals surface area contributed by atoms with Crippen molar-refractivity contribution in [3.63, 3.8) is 0 Å². The molecule has 36 heavy (non-hydrogen) atoms. The molecule has 2 amide bonds. The van der Waals surface area contributed by atoms with Crippen LogP contribution in [0.2, 0.25) is 0 Å². The van der Waals surface area contributed by atoms with Crippen LogP contribution in [0.25, 0.3) is 0 Å². The van der Waals surface area contributed by atoms with E-state index in [1.54, 1.807) is 24.3 Å². The topological polar surface area (TPSA) is 118 Å². The maximum atomic E-state index is 13.4. The summed E-state index contributed by atoms with van der Waals surface area (Å²) in [6.07, 6.45) is 4.08. The number of hydroxylamine groups is 1. The summed E-state index contributed by atoms with van der Waals surface area (Å²) >= 11 is 0. The number of carbonyl (C=O) groups is 2. The Kier molecular flexibility index (Phi) is 6.69. The molecule has 3 aromatic rings. The highest BCUT2D eigenvalue weighted by atomic mass is 16.5. The average molecular weight is 484 g/mol. The number of hydrogen-bond acceptors (Lipinski definition) is 5. The van der Waals surface area contributed by atoms with Gasteiger partial charge in [-0.2, -0.15) is 0 Å². The van der Waals surface area contributed by atoms with E-state index in [1.165, 1.54) is 0 Å². The molecule has 0 unspecified atom stereocenters. The summed E-state index contributed by atoms with van der Waals surface area (Å²) in [7, 11) is 0. The standard InChI is InChI=1S/C28H29N5O3/c29-26(32-36)20-7-4-8-22(17-20)30-25(18-5-2-1-3-6-18)27(34)31-21-11-15-24(16-12-21)33-23-13-9-19(10-14-23)28(33)35/h1-8,11-12,15-17,19,23,25,30,36H,9-10,13-14H2,(H2,29,32)(H,31,34)/t19?,23?,25-/m0/s1. The number of piperidine rings is 2. The third kappa shape index (κ3) is 4.81. The fourth-order valence-electron chi connectivity index (χ4n) is 5.16.